The van der Waals surface area contributed by atoms with E-state index in [4.69, 9.17) is 5.11 Å². The second-order valence-electron chi connectivity index (χ2n) is 3.65. The maximum absolute atomic E-state index is 10.6. The molecule has 1 rings (SSSR count). The quantitative estimate of drug-likeness (QED) is 0.328. The van der Waals surface area contributed by atoms with Gasteiger partial charge in [-0.2, -0.15) is 0 Å². The predicted molar refractivity (Wildman–Crippen MR) is 69.5 cm³/mol. The third-order valence-electron chi connectivity index (χ3n) is 2.23. The van der Waals surface area contributed by atoms with Crippen LogP contribution in [0.1, 0.15) is 30.1 Å². The van der Waals surface area contributed by atoms with Crippen molar-refractivity contribution >= 4 is 18.2 Å². The molecule has 0 aromatic heterocycles. The molecule has 0 aliphatic heterocycles. The standard InChI is InChI=1S/C7H11O3.C7H6O2.Na/c1-3-4-6(5-8)7(9)10-2;8-7(9)6-4-2-1-3-5-6;/h6H,3-4H2,1-2H3;1-5H,(H,8,9);/q-1;;+1. The SMILES string of the molecule is CCCC([C-]=O)C(=O)OC.O=C(O)c1ccccc1.[Na+]. The number of carboxylic acid groups (broad SMARTS) is 1. The summed E-state index contributed by atoms with van der Waals surface area (Å²) in [6.45, 7) is 1.90. The summed E-state index contributed by atoms with van der Waals surface area (Å²) in [5.41, 5.74) is 0.331. The Bertz CT molecular complexity index is 405. The summed E-state index contributed by atoms with van der Waals surface area (Å²) in [7, 11) is 1.27. The molecule has 0 saturated carbocycles. The Morgan fingerprint density at radius 3 is 2.15 bits per heavy atom. The predicted octanol–water partition coefficient (Wildman–Crippen LogP) is -0.926. The number of hydrogen-bond acceptors (Lipinski definition) is 4. The van der Waals surface area contributed by atoms with Gasteiger partial charge in [0.2, 0.25) is 0 Å². The Morgan fingerprint density at radius 1 is 1.30 bits per heavy atom. The zero-order chi connectivity index (χ0) is 14.7. The van der Waals surface area contributed by atoms with Gasteiger partial charge >= 0.3 is 35.5 Å². The first-order valence-electron chi connectivity index (χ1n) is 5.80. The van der Waals surface area contributed by atoms with Gasteiger partial charge in [-0.3, -0.25) is 11.1 Å². The van der Waals surface area contributed by atoms with E-state index in [9.17, 15) is 14.4 Å². The molecule has 1 unspecified atom stereocenters. The number of ether oxygens (including phenoxy) is 1. The fraction of sp³-hybridized carbons (Fsp3) is 0.357. The largest absolute Gasteiger partial charge is 1.00 e. The van der Waals surface area contributed by atoms with Crippen molar-refractivity contribution in [3.8, 4) is 0 Å². The molecule has 5 nitrogen and oxygen atoms in total. The van der Waals surface area contributed by atoms with Crippen molar-refractivity contribution in [3.63, 3.8) is 0 Å². The van der Waals surface area contributed by atoms with Gasteiger partial charge in [-0.25, -0.2) is 4.79 Å². The van der Waals surface area contributed by atoms with Crippen molar-refractivity contribution in [1.82, 2.24) is 0 Å². The molecule has 0 fully saturated rings. The van der Waals surface area contributed by atoms with Crippen molar-refractivity contribution < 1.29 is 53.8 Å². The average molecular weight is 288 g/mol. The van der Waals surface area contributed by atoms with Crippen LogP contribution in [0.2, 0.25) is 0 Å². The van der Waals surface area contributed by atoms with Crippen molar-refractivity contribution in [2.45, 2.75) is 19.8 Å². The van der Waals surface area contributed by atoms with Gasteiger partial charge in [0.25, 0.3) is 5.97 Å². The molecule has 1 aromatic carbocycles. The number of carbonyl (C=O) groups is 2. The summed E-state index contributed by atoms with van der Waals surface area (Å²) in [6, 6.07) is 8.30. The van der Waals surface area contributed by atoms with E-state index < -0.39 is 17.9 Å². The zero-order valence-electron chi connectivity index (χ0n) is 12.0. The van der Waals surface area contributed by atoms with E-state index in [-0.39, 0.29) is 29.6 Å². The first-order valence-corrected chi connectivity index (χ1v) is 5.80. The monoisotopic (exact) mass is 288 g/mol. The number of aromatic carboxylic acids is 1. The molecule has 0 heterocycles. The molecular weight excluding hydrogens is 271 g/mol. The van der Waals surface area contributed by atoms with Crippen LogP contribution in [0.3, 0.4) is 0 Å². The first-order chi connectivity index (χ1) is 9.06. The minimum Gasteiger partial charge on any atom is -0.541 e. The molecule has 0 saturated heterocycles. The number of methoxy groups -OCH3 is 1. The summed E-state index contributed by atoms with van der Waals surface area (Å²) >= 11 is 0. The van der Waals surface area contributed by atoms with E-state index in [1.807, 2.05) is 6.92 Å². The van der Waals surface area contributed by atoms with E-state index >= 15 is 0 Å². The van der Waals surface area contributed by atoms with Crippen molar-refractivity contribution in [2.24, 2.45) is 5.92 Å². The number of esters is 1. The summed E-state index contributed by atoms with van der Waals surface area (Å²) < 4.78 is 4.35. The Hall–Kier alpha value is -1.17. The van der Waals surface area contributed by atoms with Crippen molar-refractivity contribution in [1.29, 1.82) is 0 Å². The van der Waals surface area contributed by atoms with E-state index in [0.717, 1.165) is 6.42 Å². The van der Waals surface area contributed by atoms with Crippen molar-refractivity contribution in [3.05, 3.63) is 35.9 Å². The van der Waals surface area contributed by atoms with Crippen LogP contribution in [0.15, 0.2) is 30.3 Å². The van der Waals surface area contributed by atoms with Crippen molar-refractivity contribution in [2.75, 3.05) is 7.11 Å². The maximum atomic E-state index is 10.6. The van der Waals surface area contributed by atoms with Gasteiger partial charge in [0.1, 0.15) is 0 Å². The molecule has 0 spiro atoms. The van der Waals surface area contributed by atoms with Gasteiger partial charge in [-0.15, -0.1) is 0 Å². The molecule has 1 N–H and O–H groups in total. The molecule has 0 aliphatic carbocycles. The fourth-order valence-corrected chi connectivity index (χ4v) is 1.24. The van der Waals surface area contributed by atoms with Crippen LogP contribution in [0.5, 0.6) is 0 Å². The summed E-state index contributed by atoms with van der Waals surface area (Å²) in [5, 5.41) is 8.38. The average Bonchev–Trinajstić information content (AvgIpc) is 2.45. The second-order valence-corrected chi connectivity index (χ2v) is 3.65. The molecule has 0 bridgehead atoms. The van der Waals surface area contributed by atoms with E-state index in [2.05, 4.69) is 4.74 Å². The topological polar surface area (TPSA) is 80.7 Å². The normalized spacial score (nSPS) is 10.1. The number of carboxylic acids is 1. The molecule has 6 heteroatoms. The van der Waals surface area contributed by atoms with Crippen LogP contribution in [0, 0.1) is 5.92 Å². The van der Waals surface area contributed by atoms with Crippen LogP contribution < -0.4 is 29.6 Å². The molecule has 0 radical (unpaired) electrons. The van der Waals surface area contributed by atoms with Crippen LogP contribution in [0.25, 0.3) is 0 Å². The van der Waals surface area contributed by atoms with E-state index in [1.165, 1.54) is 7.11 Å². The van der Waals surface area contributed by atoms with E-state index in [1.54, 1.807) is 36.6 Å². The Balaban J connectivity index is 0. The molecule has 20 heavy (non-hydrogen) atoms. The van der Waals surface area contributed by atoms with Gasteiger partial charge in [-0.05, 0) is 18.1 Å². The van der Waals surface area contributed by atoms with Gasteiger partial charge in [0, 0.05) is 0 Å². The van der Waals surface area contributed by atoms with Crippen LogP contribution in [0.4, 0.5) is 0 Å². The molecule has 0 amide bonds. The minimum atomic E-state index is -0.879. The Labute approximate surface area is 140 Å². The molecule has 104 valence electrons. The minimum absolute atomic E-state index is 0. The summed E-state index contributed by atoms with van der Waals surface area (Å²) in [4.78, 5) is 30.9. The zero-order valence-corrected chi connectivity index (χ0v) is 14.0. The number of rotatable bonds is 5. The second kappa shape index (κ2) is 12.8. The molecule has 1 aromatic rings. The van der Waals surface area contributed by atoms with Gasteiger partial charge in [0.05, 0.1) is 12.7 Å². The van der Waals surface area contributed by atoms with Gasteiger partial charge in [-0.1, -0.05) is 38.0 Å². The van der Waals surface area contributed by atoms with Gasteiger partial charge < -0.3 is 14.6 Å². The first kappa shape index (κ1) is 21.1. The molecule has 0 aliphatic rings. The Morgan fingerprint density at radius 2 is 1.85 bits per heavy atom. The number of hydrogen-bond donors (Lipinski definition) is 1. The van der Waals surface area contributed by atoms with Crippen LogP contribution >= 0.6 is 0 Å². The fourth-order valence-electron chi connectivity index (χ4n) is 1.24. The third-order valence-corrected chi connectivity index (χ3v) is 2.23. The smallest absolute Gasteiger partial charge is 0.541 e. The number of benzene rings is 1. The summed E-state index contributed by atoms with van der Waals surface area (Å²) in [6.07, 6.45) is 2.94. The van der Waals surface area contributed by atoms with Gasteiger partial charge in [0.15, 0.2) is 0 Å². The summed E-state index contributed by atoms with van der Waals surface area (Å²) in [5.74, 6) is -2.05. The van der Waals surface area contributed by atoms with Crippen LogP contribution in [-0.4, -0.2) is 30.4 Å². The number of carbonyl (C=O) groups excluding carboxylic acids is 2. The third kappa shape index (κ3) is 8.85. The Kier molecular flexibility index (Phi) is 13.6. The molecular formula is C14H17NaO5. The van der Waals surface area contributed by atoms with Crippen LogP contribution in [-0.2, 0) is 14.3 Å². The maximum Gasteiger partial charge on any atom is 1.00 e. The molecule has 1 atom stereocenters. The van der Waals surface area contributed by atoms with E-state index in [0.29, 0.717) is 12.0 Å².